The first-order valence-electron chi connectivity index (χ1n) is 6.09. The number of hydrogen-bond acceptors (Lipinski definition) is 1. The summed E-state index contributed by atoms with van der Waals surface area (Å²) in [4.78, 5) is 13.9. The summed E-state index contributed by atoms with van der Waals surface area (Å²) in [6.45, 7) is 10.6. The van der Waals surface area contributed by atoms with E-state index in [1.807, 2.05) is 20.9 Å². The van der Waals surface area contributed by atoms with Crippen LogP contribution in [0.1, 0.15) is 45.7 Å². The van der Waals surface area contributed by atoms with Crippen molar-refractivity contribution in [2.45, 2.75) is 45.4 Å². The summed E-state index contributed by atoms with van der Waals surface area (Å²) in [7, 11) is 1.85. The lowest BCUT2D eigenvalue weighted by atomic mass is 9.80. The van der Waals surface area contributed by atoms with Crippen molar-refractivity contribution < 1.29 is 4.79 Å². The highest BCUT2D eigenvalue weighted by Gasteiger charge is 2.42. The second kappa shape index (κ2) is 3.34. The predicted molar refractivity (Wildman–Crippen MR) is 71.6 cm³/mol. The third kappa shape index (κ3) is 1.67. The van der Waals surface area contributed by atoms with E-state index in [2.05, 4.69) is 39.0 Å². The fraction of sp³-hybridized carbons (Fsp3) is 0.533. The third-order valence-corrected chi connectivity index (χ3v) is 3.74. The minimum Gasteiger partial charge on any atom is -0.314 e. The van der Waals surface area contributed by atoms with Crippen molar-refractivity contribution in [1.82, 2.24) is 0 Å². The molecule has 0 aromatic heterocycles. The Labute approximate surface area is 104 Å². The fourth-order valence-corrected chi connectivity index (χ4v) is 2.44. The van der Waals surface area contributed by atoms with Crippen LogP contribution in [0.25, 0.3) is 0 Å². The van der Waals surface area contributed by atoms with Crippen LogP contribution in [0.2, 0.25) is 0 Å². The number of carbonyl (C=O) groups is 1. The molecule has 17 heavy (non-hydrogen) atoms. The van der Waals surface area contributed by atoms with Gasteiger partial charge in [0.1, 0.15) is 0 Å². The summed E-state index contributed by atoms with van der Waals surface area (Å²) in [6, 6.07) is 6.39. The lowest BCUT2D eigenvalue weighted by molar-refractivity contribution is -0.121. The number of fused-ring (bicyclic) bond motifs is 1. The van der Waals surface area contributed by atoms with Crippen LogP contribution < -0.4 is 4.90 Å². The normalized spacial score (nSPS) is 18.5. The van der Waals surface area contributed by atoms with Gasteiger partial charge < -0.3 is 4.90 Å². The SMILES string of the molecule is CN1C(=O)C(C)(C)c2cc(C(C)(C)C)ccc21. The molecule has 0 N–H and O–H groups in total. The number of benzene rings is 1. The van der Waals surface area contributed by atoms with Crippen molar-refractivity contribution in [1.29, 1.82) is 0 Å². The Kier molecular flexibility index (Phi) is 2.39. The van der Waals surface area contributed by atoms with E-state index in [4.69, 9.17) is 0 Å². The minimum absolute atomic E-state index is 0.120. The molecule has 1 heterocycles. The summed E-state index contributed by atoms with van der Waals surface area (Å²) in [5.41, 5.74) is 3.21. The molecular formula is C15H21NO. The number of carbonyl (C=O) groups excluding carboxylic acids is 1. The summed E-state index contributed by atoms with van der Waals surface area (Å²) >= 11 is 0. The van der Waals surface area contributed by atoms with Crippen LogP contribution in [0.15, 0.2) is 18.2 Å². The molecule has 92 valence electrons. The molecule has 2 heteroatoms. The van der Waals surface area contributed by atoms with Crippen LogP contribution >= 0.6 is 0 Å². The van der Waals surface area contributed by atoms with Gasteiger partial charge in [0.25, 0.3) is 0 Å². The number of anilines is 1. The first kappa shape index (κ1) is 12.2. The number of likely N-dealkylation sites (N-methyl/N-ethyl adjacent to an activating group) is 1. The van der Waals surface area contributed by atoms with Crippen LogP contribution in [-0.2, 0) is 15.6 Å². The van der Waals surface area contributed by atoms with Gasteiger partial charge in [-0.05, 0) is 36.5 Å². The van der Waals surface area contributed by atoms with Gasteiger partial charge in [-0.1, -0.05) is 32.9 Å². The Morgan fingerprint density at radius 2 is 1.76 bits per heavy atom. The predicted octanol–water partition coefficient (Wildman–Crippen LogP) is 3.24. The van der Waals surface area contributed by atoms with Crippen molar-refractivity contribution in [3.63, 3.8) is 0 Å². The Morgan fingerprint density at radius 3 is 2.29 bits per heavy atom. The molecule has 1 aromatic carbocycles. The van der Waals surface area contributed by atoms with E-state index in [1.54, 1.807) is 4.90 Å². The average molecular weight is 231 g/mol. The van der Waals surface area contributed by atoms with Gasteiger partial charge in [0.2, 0.25) is 5.91 Å². The second-order valence-electron chi connectivity index (χ2n) is 6.47. The van der Waals surface area contributed by atoms with Crippen molar-refractivity contribution in [2.75, 3.05) is 11.9 Å². The van der Waals surface area contributed by atoms with Gasteiger partial charge in [0.05, 0.1) is 5.41 Å². The van der Waals surface area contributed by atoms with Crippen molar-refractivity contribution >= 4 is 11.6 Å². The quantitative estimate of drug-likeness (QED) is 0.671. The topological polar surface area (TPSA) is 20.3 Å². The van der Waals surface area contributed by atoms with Gasteiger partial charge in [0.15, 0.2) is 0 Å². The smallest absolute Gasteiger partial charge is 0.236 e. The first-order chi connectivity index (χ1) is 7.65. The zero-order chi connectivity index (χ0) is 13.0. The lowest BCUT2D eigenvalue weighted by Crippen LogP contribution is -2.33. The molecule has 0 aliphatic carbocycles. The number of nitrogens with zero attached hydrogens (tertiary/aromatic N) is 1. The molecule has 0 fully saturated rings. The molecule has 1 aliphatic heterocycles. The first-order valence-corrected chi connectivity index (χ1v) is 6.09. The zero-order valence-electron chi connectivity index (χ0n) is 11.6. The number of hydrogen-bond donors (Lipinski definition) is 0. The highest BCUT2D eigenvalue weighted by atomic mass is 16.2. The number of amides is 1. The Morgan fingerprint density at radius 1 is 1.18 bits per heavy atom. The summed E-state index contributed by atoms with van der Waals surface area (Å²) in [5, 5.41) is 0. The Hall–Kier alpha value is -1.31. The van der Waals surface area contributed by atoms with Crippen molar-refractivity contribution in [3.05, 3.63) is 29.3 Å². The highest BCUT2D eigenvalue weighted by Crippen LogP contribution is 2.42. The van der Waals surface area contributed by atoms with Gasteiger partial charge in [0, 0.05) is 12.7 Å². The second-order valence-corrected chi connectivity index (χ2v) is 6.47. The van der Waals surface area contributed by atoms with Crippen LogP contribution in [0.3, 0.4) is 0 Å². The van der Waals surface area contributed by atoms with E-state index in [-0.39, 0.29) is 11.3 Å². The summed E-state index contributed by atoms with van der Waals surface area (Å²) in [6.07, 6.45) is 0. The van der Waals surface area contributed by atoms with E-state index < -0.39 is 5.41 Å². The summed E-state index contributed by atoms with van der Waals surface area (Å²) < 4.78 is 0. The fourth-order valence-electron chi connectivity index (χ4n) is 2.44. The van der Waals surface area contributed by atoms with Crippen LogP contribution in [0.5, 0.6) is 0 Å². The summed E-state index contributed by atoms with van der Waals surface area (Å²) in [5.74, 6) is 0.179. The molecule has 0 unspecified atom stereocenters. The zero-order valence-corrected chi connectivity index (χ0v) is 11.6. The molecule has 1 amide bonds. The lowest BCUT2D eigenvalue weighted by Gasteiger charge is -2.22. The minimum atomic E-state index is -0.397. The van der Waals surface area contributed by atoms with Gasteiger partial charge in [-0.15, -0.1) is 0 Å². The maximum atomic E-state index is 12.2. The average Bonchev–Trinajstić information content (AvgIpc) is 2.39. The standard InChI is InChI=1S/C15H21NO/c1-14(2,3)10-7-8-12-11(9-10)15(4,5)13(17)16(12)6/h7-9H,1-6H3. The van der Waals surface area contributed by atoms with E-state index in [0.29, 0.717) is 0 Å². The number of rotatable bonds is 0. The molecule has 1 aromatic rings. The molecule has 2 rings (SSSR count). The van der Waals surface area contributed by atoms with Crippen LogP contribution in [0, 0.1) is 0 Å². The maximum Gasteiger partial charge on any atom is 0.236 e. The molecule has 0 bridgehead atoms. The molecule has 0 saturated heterocycles. The monoisotopic (exact) mass is 231 g/mol. The van der Waals surface area contributed by atoms with Gasteiger partial charge in [-0.25, -0.2) is 0 Å². The van der Waals surface area contributed by atoms with E-state index in [0.717, 1.165) is 11.3 Å². The molecule has 0 spiro atoms. The molecule has 1 aliphatic rings. The van der Waals surface area contributed by atoms with E-state index in [9.17, 15) is 4.79 Å². The molecular weight excluding hydrogens is 210 g/mol. The molecule has 0 atom stereocenters. The van der Waals surface area contributed by atoms with Crippen molar-refractivity contribution in [3.8, 4) is 0 Å². The highest BCUT2D eigenvalue weighted by molar-refractivity contribution is 6.07. The van der Waals surface area contributed by atoms with Crippen LogP contribution in [0.4, 0.5) is 5.69 Å². The van der Waals surface area contributed by atoms with Crippen LogP contribution in [-0.4, -0.2) is 13.0 Å². The van der Waals surface area contributed by atoms with Crippen molar-refractivity contribution in [2.24, 2.45) is 0 Å². The maximum absolute atomic E-state index is 12.2. The van der Waals surface area contributed by atoms with Gasteiger partial charge >= 0.3 is 0 Å². The van der Waals surface area contributed by atoms with E-state index in [1.165, 1.54) is 5.56 Å². The molecule has 0 saturated carbocycles. The van der Waals surface area contributed by atoms with E-state index >= 15 is 0 Å². The Balaban J connectivity index is 2.63. The Bertz CT molecular complexity index is 480. The largest absolute Gasteiger partial charge is 0.314 e. The molecule has 2 nitrogen and oxygen atoms in total. The van der Waals surface area contributed by atoms with Gasteiger partial charge in [-0.3, -0.25) is 4.79 Å². The molecule has 0 radical (unpaired) electrons. The van der Waals surface area contributed by atoms with Gasteiger partial charge in [-0.2, -0.15) is 0 Å². The third-order valence-electron chi connectivity index (χ3n) is 3.74.